The molecule has 2 atom stereocenters. The van der Waals surface area contributed by atoms with Crippen LogP contribution in [-0.4, -0.2) is 20.1 Å². The second kappa shape index (κ2) is 10.3. The van der Waals surface area contributed by atoms with E-state index in [1.54, 1.807) is 0 Å². The van der Waals surface area contributed by atoms with E-state index in [0.29, 0.717) is 0 Å². The first-order valence-electron chi connectivity index (χ1n) is 4.25. The van der Waals surface area contributed by atoms with Crippen LogP contribution < -0.4 is 103 Å². The Bertz CT molecular complexity index is 468. The fourth-order valence-electron chi connectivity index (χ4n) is 1.13. The van der Waals surface area contributed by atoms with Crippen LogP contribution in [0.15, 0.2) is 24.5 Å². The number of aliphatic hydroxyl groups is 1. The van der Waals surface area contributed by atoms with E-state index in [1.807, 2.05) is 0 Å². The van der Waals surface area contributed by atoms with Gasteiger partial charge in [-0.3, -0.25) is 4.98 Å². The molecule has 2 unspecified atom stereocenters. The molecular weight excluding hydrogens is 341 g/mol. The van der Waals surface area contributed by atoms with Gasteiger partial charge in [-0.2, -0.15) is 0 Å². The molecule has 0 aliphatic rings. The standard InChI is InChI=1S/C7H11NO7P2.3Na/c9-7(16(10,11)12,17(13,14)15)4-6-2-1-3-8-5-6;;;/h1-3,5,9H,4H2,(H2,10,11,12)(H2,13,14,15);;;/q;3*+1/p-3. The van der Waals surface area contributed by atoms with E-state index in [9.17, 15) is 28.9 Å². The summed E-state index contributed by atoms with van der Waals surface area (Å²) in [6, 6.07) is 2.60. The van der Waals surface area contributed by atoms with Crippen molar-refractivity contribution in [1.29, 1.82) is 0 Å². The van der Waals surface area contributed by atoms with Gasteiger partial charge >= 0.3 is 88.7 Å². The van der Waals surface area contributed by atoms with Gasteiger partial charge in [0.05, 0.1) is 0 Å². The Balaban J connectivity index is -0.000000963. The van der Waals surface area contributed by atoms with Crippen LogP contribution in [0.3, 0.4) is 0 Å². The largest absolute Gasteiger partial charge is 1.00 e. The minimum Gasteiger partial charge on any atom is -0.808 e. The van der Waals surface area contributed by atoms with E-state index in [4.69, 9.17) is 4.89 Å². The van der Waals surface area contributed by atoms with Crippen LogP contribution >= 0.6 is 15.2 Å². The normalized spacial score (nSPS) is 16.4. The second-order valence-corrected chi connectivity index (χ2v) is 7.20. The van der Waals surface area contributed by atoms with Gasteiger partial charge in [0.2, 0.25) is 0 Å². The molecule has 0 radical (unpaired) electrons. The van der Waals surface area contributed by atoms with E-state index >= 15 is 0 Å². The van der Waals surface area contributed by atoms with Gasteiger partial charge < -0.3 is 33.8 Å². The molecule has 0 amide bonds. The maximum Gasteiger partial charge on any atom is 1.00 e. The first-order chi connectivity index (χ1) is 7.58. The minimum absolute atomic E-state index is 0. The molecule has 0 saturated carbocycles. The van der Waals surface area contributed by atoms with Gasteiger partial charge in [-0.25, -0.2) is 0 Å². The molecule has 2 N–H and O–H groups in total. The Hall–Kier alpha value is 2.41. The molecule has 0 bridgehead atoms. The van der Waals surface area contributed by atoms with Gasteiger partial charge in [0.1, 0.15) is 0 Å². The quantitative estimate of drug-likeness (QED) is 0.401. The average molecular weight is 349 g/mol. The van der Waals surface area contributed by atoms with E-state index in [0.717, 1.165) is 6.20 Å². The third-order valence-corrected chi connectivity index (χ3v) is 5.65. The van der Waals surface area contributed by atoms with Crippen molar-refractivity contribution in [1.82, 2.24) is 4.98 Å². The summed E-state index contributed by atoms with van der Waals surface area (Å²) in [5.41, 5.74) is -0.0212. The predicted octanol–water partition coefficient (Wildman–Crippen LogP) is -11.3. The maximum atomic E-state index is 10.8. The van der Waals surface area contributed by atoms with E-state index in [1.165, 1.54) is 18.3 Å². The van der Waals surface area contributed by atoms with Crippen LogP contribution in [0.25, 0.3) is 0 Å². The number of hydrogen-bond donors (Lipinski definition) is 2. The summed E-state index contributed by atoms with van der Waals surface area (Å²) in [5.74, 6) is 0. The maximum absolute atomic E-state index is 10.8. The second-order valence-electron chi connectivity index (χ2n) is 3.33. The van der Waals surface area contributed by atoms with Gasteiger partial charge in [0, 0.05) is 18.8 Å². The van der Waals surface area contributed by atoms with E-state index < -0.39 is 26.7 Å². The van der Waals surface area contributed by atoms with Gasteiger partial charge in [0.25, 0.3) is 0 Å². The van der Waals surface area contributed by atoms with Gasteiger partial charge in [-0.15, -0.1) is 0 Å². The Morgan fingerprint density at radius 1 is 1.20 bits per heavy atom. The van der Waals surface area contributed by atoms with Crippen molar-refractivity contribution in [2.75, 3.05) is 0 Å². The molecular formula is C7H8NNa3O7P2. The minimum atomic E-state index is -5.97. The molecule has 96 valence electrons. The zero-order valence-electron chi connectivity index (χ0n) is 11.3. The van der Waals surface area contributed by atoms with E-state index in [2.05, 4.69) is 4.98 Å². The third-order valence-electron chi connectivity index (χ3n) is 2.06. The van der Waals surface area contributed by atoms with Crippen LogP contribution in [-0.2, 0) is 15.6 Å². The zero-order valence-corrected chi connectivity index (χ0v) is 19.1. The Labute approximate surface area is 182 Å². The number of rotatable bonds is 4. The van der Waals surface area contributed by atoms with Crippen molar-refractivity contribution in [3.63, 3.8) is 0 Å². The Morgan fingerprint density at radius 3 is 2.00 bits per heavy atom. The van der Waals surface area contributed by atoms with Crippen molar-refractivity contribution in [2.45, 2.75) is 11.5 Å². The van der Waals surface area contributed by atoms with Crippen LogP contribution in [0.2, 0.25) is 0 Å². The van der Waals surface area contributed by atoms with Gasteiger partial charge in [-0.05, 0) is 19.2 Å². The molecule has 0 aliphatic carbocycles. The molecule has 8 nitrogen and oxygen atoms in total. The molecule has 0 spiro atoms. The SMILES string of the molecule is O=P([O-])([O-])C(O)(Cc1cccnc1)P(=O)([O-])O.[Na+].[Na+].[Na+]. The Kier molecular flexibility index (Phi) is 14.1. The summed E-state index contributed by atoms with van der Waals surface area (Å²) >= 11 is 0. The number of hydrogen-bond acceptors (Lipinski definition) is 7. The van der Waals surface area contributed by atoms with Crippen molar-refractivity contribution in [3.8, 4) is 0 Å². The molecule has 20 heavy (non-hydrogen) atoms. The van der Waals surface area contributed by atoms with Crippen molar-refractivity contribution < 1.29 is 122 Å². The van der Waals surface area contributed by atoms with Crippen LogP contribution in [0.4, 0.5) is 0 Å². The molecule has 0 saturated heterocycles. The predicted molar refractivity (Wildman–Crippen MR) is 50.3 cm³/mol. The van der Waals surface area contributed by atoms with Crippen molar-refractivity contribution in [3.05, 3.63) is 30.1 Å². The Morgan fingerprint density at radius 2 is 1.70 bits per heavy atom. The summed E-state index contributed by atoms with van der Waals surface area (Å²) in [6.45, 7) is 0. The summed E-state index contributed by atoms with van der Waals surface area (Å²) in [7, 11) is -11.8. The molecule has 1 aromatic rings. The molecule has 1 rings (SSSR count). The molecule has 1 heterocycles. The number of nitrogens with zero attached hydrogens (tertiary/aromatic N) is 1. The topological polar surface area (TPSA) is 157 Å². The van der Waals surface area contributed by atoms with Crippen LogP contribution in [0, 0.1) is 0 Å². The zero-order chi connectivity index (χ0) is 13.3. The first-order valence-corrected chi connectivity index (χ1v) is 7.37. The summed E-state index contributed by atoms with van der Waals surface area (Å²) in [6.07, 6.45) is 1.31. The fraction of sp³-hybridized carbons (Fsp3) is 0.286. The van der Waals surface area contributed by atoms with Crippen LogP contribution in [0.5, 0.6) is 0 Å². The summed E-state index contributed by atoms with van der Waals surface area (Å²) in [4.78, 5) is 44.6. The van der Waals surface area contributed by atoms with Gasteiger partial charge in [-0.1, -0.05) is 6.07 Å². The molecule has 0 aliphatic heterocycles. The third kappa shape index (κ3) is 6.89. The summed E-state index contributed by atoms with van der Waals surface area (Å²) < 4.78 is 21.6. The molecule has 1 aromatic heterocycles. The van der Waals surface area contributed by atoms with Crippen molar-refractivity contribution >= 4 is 15.2 Å². The van der Waals surface area contributed by atoms with E-state index in [-0.39, 0.29) is 94.2 Å². The summed E-state index contributed by atoms with van der Waals surface area (Å²) in [5, 5.41) is 5.64. The average Bonchev–Trinajstić information content (AvgIpc) is 2.15. The molecule has 0 aromatic carbocycles. The smallest absolute Gasteiger partial charge is 0.808 e. The first kappa shape index (κ1) is 27.3. The monoisotopic (exact) mass is 349 g/mol. The van der Waals surface area contributed by atoms with Gasteiger partial charge in [0.15, 0.2) is 12.7 Å². The number of aromatic nitrogens is 1. The fourth-order valence-corrected chi connectivity index (χ4v) is 3.12. The molecule has 0 fully saturated rings. The number of pyridine rings is 1. The molecule has 13 heteroatoms. The van der Waals surface area contributed by atoms with Crippen molar-refractivity contribution in [2.24, 2.45) is 0 Å². The van der Waals surface area contributed by atoms with Crippen LogP contribution in [0.1, 0.15) is 5.56 Å².